The molecule has 0 spiro atoms. The zero-order valence-electron chi connectivity index (χ0n) is 6.86. The van der Waals surface area contributed by atoms with E-state index in [1.807, 2.05) is 42.5 Å². The molecule has 13 heavy (non-hydrogen) atoms. The molecule has 2 aromatic rings. The minimum Gasteiger partial charge on any atom is -0.255 e. The molecule has 0 aromatic heterocycles. The van der Waals surface area contributed by atoms with Gasteiger partial charge in [-0.25, -0.2) is 0 Å². The van der Waals surface area contributed by atoms with E-state index in [0.717, 1.165) is 10.8 Å². The summed E-state index contributed by atoms with van der Waals surface area (Å²) in [6, 6.07) is 13.5. The van der Waals surface area contributed by atoms with Gasteiger partial charge in [0.2, 0.25) is 0 Å². The highest BCUT2D eigenvalue weighted by atomic mass is 31.1. The molecule has 0 saturated carbocycles. The van der Waals surface area contributed by atoms with Gasteiger partial charge in [0, 0.05) is 5.39 Å². The lowest BCUT2D eigenvalue weighted by Gasteiger charge is -1.98. The third kappa shape index (κ3) is 1.53. The van der Waals surface area contributed by atoms with Gasteiger partial charge in [-0.2, -0.15) is 0 Å². The number of hydrogen-bond donors (Lipinski definition) is 0. The van der Waals surface area contributed by atoms with Gasteiger partial charge in [-0.05, 0) is 16.0 Å². The average Bonchev–Trinajstić information content (AvgIpc) is 2.19. The summed E-state index contributed by atoms with van der Waals surface area (Å²) in [7, 11) is -0.751. The molecule has 0 saturated heterocycles. The summed E-state index contributed by atoms with van der Waals surface area (Å²) in [5, 5.41) is 2.09. The van der Waals surface area contributed by atoms with Crippen molar-refractivity contribution < 1.29 is 9.09 Å². The largest absolute Gasteiger partial charge is 0.542 e. The summed E-state index contributed by atoms with van der Waals surface area (Å²) in [4.78, 5) is 0. The van der Waals surface area contributed by atoms with Gasteiger partial charge in [0.25, 0.3) is 0 Å². The molecule has 1 unspecified atom stereocenters. The first-order valence-electron chi connectivity index (χ1n) is 3.93. The van der Waals surface area contributed by atoms with E-state index < -0.39 is 8.69 Å². The second-order valence-electron chi connectivity index (χ2n) is 2.66. The van der Waals surface area contributed by atoms with Crippen LogP contribution in [0.15, 0.2) is 42.5 Å². The number of benzene rings is 2. The predicted molar refractivity (Wildman–Crippen MR) is 53.6 cm³/mol. The smallest absolute Gasteiger partial charge is 0.255 e. The summed E-state index contributed by atoms with van der Waals surface area (Å²) in [5.74, 6) is 0.673. The normalized spacial score (nSPS) is 10.5. The third-order valence-electron chi connectivity index (χ3n) is 1.90. The Hall–Kier alpha value is -1.40. The van der Waals surface area contributed by atoms with Gasteiger partial charge in [-0.15, -0.1) is 0 Å². The first-order valence-corrected chi connectivity index (χ1v) is 4.75. The van der Waals surface area contributed by atoms with Crippen LogP contribution in [0.25, 0.3) is 10.8 Å². The fourth-order valence-corrected chi connectivity index (χ4v) is 1.60. The van der Waals surface area contributed by atoms with Crippen molar-refractivity contribution in [2.75, 3.05) is 0 Å². The van der Waals surface area contributed by atoms with Crippen LogP contribution in [0.4, 0.5) is 0 Å². The quantitative estimate of drug-likeness (QED) is 0.681. The van der Waals surface area contributed by atoms with Gasteiger partial charge < -0.3 is 0 Å². The van der Waals surface area contributed by atoms with Crippen LogP contribution in [0, 0.1) is 0 Å². The SMILES string of the molecule is O=[PH+]Oc1cccc2ccccc12. The summed E-state index contributed by atoms with van der Waals surface area (Å²) in [6.45, 7) is 0. The highest BCUT2D eigenvalue weighted by Crippen LogP contribution is 2.26. The van der Waals surface area contributed by atoms with E-state index in [-0.39, 0.29) is 0 Å². The molecule has 2 rings (SSSR count). The van der Waals surface area contributed by atoms with Gasteiger partial charge in [-0.3, -0.25) is 4.52 Å². The Kier molecular flexibility index (Phi) is 2.24. The third-order valence-corrected chi connectivity index (χ3v) is 2.20. The molecule has 0 bridgehead atoms. The van der Waals surface area contributed by atoms with Crippen LogP contribution in [0.1, 0.15) is 0 Å². The first-order chi connectivity index (χ1) is 6.42. The molecule has 0 fully saturated rings. The monoisotopic (exact) mass is 191 g/mol. The summed E-state index contributed by atoms with van der Waals surface area (Å²) in [6.07, 6.45) is 0. The minimum atomic E-state index is -0.751. The maximum Gasteiger partial charge on any atom is 0.542 e. The second-order valence-corrected chi connectivity index (χ2v) is 3.03. The van der Waals surface area contributed by atoms with Crippen LogP contribution in [0.3, 0.4) is 0 Å². The molecular weight excluding hydrogens is 183 g/mol. The van der Waals surface area contributed by atoms with Crippen molar-refractivity contribution >= 4 is 19.5 Å². The molecule has 0 amide bonds. The van der Waals surface area contributed by atoms with Crippen LogP contribution in [-0.2, 0) is 4.57 Å². The van der Waals surface area contributed by atoms with Gasteiger partial charge in [0.05, 0.1) is 0 Å². The van der Waals surface area contributed by atoms with E-state index in [4.69, 9.17) is 4.52 Å². The van der Waals surface area contributed by atoms with Crippen LogP contribution in [0.2, 0.25) is 0 Å². The van der Waals surface area contributed by atoms with Gasteiger partial charge in [0.15, 0.2) is 5.75 Å². The maximum absolute atomic E-state index is 10.3. The molecule has 0 aliphatic heterocycles. The Balaban J connectivity index is 2.68. The second kappa shape index (κ2) is 3.55. The number of rotatable bonds is 2. The molecule has 2 aromatic carbocycles. The van der Waals surface area contributed by atoms with Crippen molar-refractivity contribution in [1.82, 2.24) is 0 Å². The topological polar surface area (TPSA) is 26.3 Å². The van der Waals surface area contributed by atoms with Gasteiger partial charge >= 0.3 is 8.69 Å². The van der Waals surface area contributed by atoms with Crippen molar-refractivity contribution in [3.05, 3.63) is 42.5 Å². The van der Waals surface area contributed by atoms with Crippen molar-refractivity contribution in [1.29, 1.82) is 0 Å². The fraction of sp³-hybridized carbons (Fsp3) is 0. The van der Waals surface area contributed by atoms with Crippen molar-refractivity contribution in [2.45, 2.75) is 0 Å². The lowest BCUT2D eigenvalue weighted by molar-refractivity contribution is 0.528. The predicted octanol–water partition coefficient (Wildman–Crippen LogP) is 3.16. The Morgan fingerprint density at radius 1 is 1.00 bits per heavy atom. The molecule has 3 heteroatoms. The van der Waals surface area contributed by atoms with E-state index >= 15 is 0 Å². The molecule has 0 aliphatic rings. The van der Waals surface area contributed by atoms with Crippen LogP contribution < -0.4 is 4.52 Å². The van der Waals surface area contributed by atoms with E-state index in [9.17, 15) is 4.57 Å². The first kappa shape index (κ1) is 8.21. The van der Waals surface area contributed by atoms with E-state index in [2.05, 4.69) is 0 Å². The van der Waals surface area contributed by atoms with Crippen molar-refractivity contribution in [2.24, 2.45) is 0 Å². The van der Waals surface area contributed by atoms with E-state index in [1.165, 1.54) is 0 Å². The molecule has 0 radical (unpaired) electrons. The Morgan fingerprint density at radius 2 is 1.77 bits per heavy atom. The molecule has 0 aliphatic carbocycles. The molecule has 0 heterocycles. The van der Waals surface area contributed by atoms with Crippen molar-refractivity contribution in [3.8, 4) is 5.75 Å². The average molecular weight is 191 g/mol. The van der Waals surface area contributed by atoms with Gasteiger partial charge in [0.1, 0.15) is 0 Å². The molecule has 2 nitrogen and oxygen atoms in total. The van der Waals surface area contributed by atoms with E-state index in [0.29, 0.717) is 5.75 Å². The summed E-state index contributed by atoms with van der Waals surface area (Å²) in [5.41, 5.74) is 0. The van der Waals surface area contributed by atoms with Crippen molar-refractivity contribution in [3.63, 3.8) is 0 Å². The summed E-state index contributed by atoms with van der Waals surface area (Å²) < 4.78 is 15.3. The molecule has 0 N–H and O–H groups in total. The Morgan fingerprint density at radius 3 is 2.62 bits per heavy atom. The fourth-order valence-electron chi connectivity index (χ4n) is 1.33. The van der Waals surface area contributed by atoms with Crippen LogP contribution in [0.5, 0.6) is 5.75 Å². The molecule has 1 atom stereocenters. The zero-order chi connectivity index (χ0) is 9.10. The number of hydrogen-bond acceptors (Lipinski definition) is 2. The zero-order valence-corrected chi connectivity index (χ0v) is 7.86. The van der Waals surface area contributed by atoms with Crippen LogP contribution >= 0.6 is 8.69 Å². The Bertz CT molecular complexity index is 434. The van der Waals surface area contributed by atoms with Crippen LogP contribution in [-0.4, -0.2) is 0 Å². The lowest BCUT2D eigenvalue weighted by Crippen LogP contribution is -1.77. The molecular formula is C10H8O2P+. The van der Waals surface area contributed by atoms with E-state index in [1.54, 1.807) is 0 Å². The lowest BCUT2D eigenvalue weighted by atomic mass is 10.1. The standard InChI is InChI=1S/C10H8O2P/c11-13-12-10-7-3-5-8-4-1-2-6-9(8)10/h1-7,13H/q+1. The van der Waals surface area contributed by atoms with Gasteiger partial charge in [-0.1, -0.05) is 36.4 Å². The highest BCUT2D eigenvalue weighted by molar-refractivity contribution is 7.17. The maximum atomic E-state index is 10.3. The highest BCUT2D eigenvalue weighted by Gasteiger charge is 2.03. The molecule has 64 valence electrons. The Labute approximate surface area is 77.4 Å². The summed E-state index contributed by atoms with van der Waals surface area (Å²) >= 11 is 0. The minimum absolute atomic E-state index is 0.673. The number of fused-ring (bicyclic) bond motifs is 1.